The molecule has 0 aliphatic carbocycles. The van der Waals surface area contributed by atoms with Gasteiger partial charge in [-0.15, -0.1) is 0 Å². The first-order valence-corrected chi connectivity index (χ1v) is 10.6. The van der Waals surface area contributed by atoms with Gasteiger partial charge >= 0.3 is 5.97 Å². The zero-order valence-electron chi connectivity index (χ0n) is 18.5. The average molecular weight is 420 g/mol. The number of rotatable bonds is 8. The summed E-state index contributed by atoms with van der Waals surface area (Å²) in [5.74, 6) is -0.0211. The molecule has 162 valence electrons. The van der Waals surface area contributed by atoms with E-state index in [9.17, 15) is 9.59 Å². The molecule has 1 heterocycles. The Kier molecular flexibility index (Phi) is 7.23. The van der Waals surface area contributed by atoms with Crippen molar-refractivity contribution in [3.05, 3.63) is 71.4 Å². The van der Waals surface area contributed by atoms with Gasteiger partial charge < -0.3 is 10.1 Å². The van der Waals surface area contributed by atoms with Crippen LogP contribution in [0.15, 0.2) is 54.6 Å². The highest BCUT2D eigenvalue weighted by Gasteiger charge is 2.19. The van der Waals surface area contributed by atoms with Crippen molar-refractivity contribution in [3.8, 4) is 16.9 Å². The predicted molar refractivity (Wildman–Crippen MR) is 121 cm³/mol. The van der Waals surface area contributed by atoms with Crippen molar-refractivity contribution in [2.75, 3.05) is 13.2 Å². The molecule has 0 bridgehead atoms. The summed E-state index contributed by atoms with van der Waals surface area (Å²) < 4.78 is 6.85. The second-order valence-corrected chi connectivity index (χ2v) is 7.85. The van der Waals surface area contributed by atoms with Crippen LogP contribution in [-0.2, 0) is 4.74 Å². The fourth-order valence-corrected chi connectivity index (χ4v) is 3.27. The predicted octanol–water partition coefficient (Wildman–Crippen LogP) is 4.80. The normalized spacial score (nSPS) is 10.9. The summed E-state index contributed by atoms with van der Waals surface area (Å²) in [7, 11) is 0. The van der Waals surface area contributed by atoms with E-state index in [-0.39, 0.29) is 18.2 Å². The third-order valence-electron chi connectivity index (χ3n) is 5.00. The standard InChI is InChI=1S/C25H29N3O3/c1-5-31-25(30)22-16-23(21-9-7-6-8-18(21)4)28(27-22)20-12-10-19(11-13-20)24(29)26-15-14-17(2)3/h6-13,16-17H,5,14-15H2,1-4H3,(H,26,29). The fourth-order valence-electron chi connectivity index (χ4n) is 3.27. The fraction of sp³-hybridized carbons (Fsp3) is 0.320. The Morgan fingerprint density at radius 2 is 1.81 bits per heavy atom. The lowest BCUT2D eigenvalue weighted by atomic mass is 10.1. The molecule has 2 aromatic carbocycles. The van der Waals surface area contributed by atoms with Crippen molar-refractivity contribution in [3.63, 3.8) is 0 Å². The lowest BCUT2D eigenvalue weighted by Crippen LogP contribution is -2.25. The van der Waals surface area contributed by atoms with Gasteiger partial charge in [0.1, 0.15) is 0 Å². The van der Waals surface area contributed by atoms with Crippen molar-refractivity contribution in [1.82, 2.24) is 15.1 Å². The first-order chi connectivity index (χ1) is 14.9. The van der Waals surface area contributed by atoms with Gasteiger partial charge in [0.2, 0.25) is 0 Å². The molecule has 0 saturated carbocycles. The molecule has 1 N–H and O–H groups in total. The highest BCUT2D eigenvalue weighted by atomic mass is 16.5. The van der Waals surface area contributed by atoms with Gasteiger partial charge in [0.25, 0.3) is 5.91 Å². The van der Waals surface area contributed by atoms with Crippen molar-refractivity contribution < 1.29 is 14.3 Å². The van der Waals surface area contributed by atoms with Crippen molar-refractivity contribution >= 4 is 11.9 Å². The van der Waals surface area contributed by atoms with Crippen LogP contribution >= 0.6 is 0 Å². The number of aryl methyl sites for hydroxylation is 1. The molecule has 0 saturated heterocycles. The number of esters is 1. The number of aromatic nitrogens is 2. The summed E-state index contributed by atoms with van der Waals surface area (Å²) in [6.07, 6.45) is 0.938. The molecular weight excluding hydrogens is 390 g/mol. The molecule has 0 atom stereocenters. The maximum Gasteiger partial charge on any atom is 0.358 e. The SMILES string of the molecule is CCOC(=O)c1cc(-c2ccccc2C)n(-c2ccc(C(=O)NCCC(C)C)cc2)n1. The number of nitrogens with one attached hydrogen (secondary N) is 1. The maximum atomic E-state index is 12.4. The molecule has 1 aromatic heterocycles. The lowest BCUT2D eigenvalue weighted by Gasteiger charge is -2.11. The molecule has 0 aliphatic rings. The lowest BCUT2D eigenvalue weighted by molar-refractivity contribution is 0.0518. The highest BCUT2D eigenvalue weighted by Crippen LogP contribution is 2.27. The highest BCUT2D eigenvalue weighted by molar-refractivity contribution is 5.94. The van der Waals surface area contributed by atoms with Crippen LogP contribution in [0.25, 0.3) is 16.9 Å². The van der Waals surface area contributed by atoms with Gasteiger partial charge in [0.05, 0.1) is 18.0 Å². The smallest absolute Gasteiger partial charge is 0.358 e. The molecule has 31 heavy (non-hydrogen) atoms. The number of benzene rings is 2. The third-order valence-corrected chi connectivity index (χ3v) is 5.00. The molecule has 0 radical (unpaired) electrons. The van der Waals surface area contributed by atoms with Crippen LogP contribution in [0.3, 0.4) is 0 Å². The summed E-state index contributed by atoms with van der Waals surface area (Å²) in [4.78, 5) is 24.7. The second kappa shape index (κ2) is 10.1. The number of ether oxygens (including phenoxy) is 1. The minimum absolute atomic E-state index is 0.0981. The monoisotopic (exact) mass is 419 g/mol. The van der Waals surface area contributed by atoms with Gasteiger partial charge in [-0.05, 0) is 62.1 Å². The summed E-state index contributed by atoms with van der Waals surface area (Å²) in [5.41, 5.74) is 4.42. The molecule has 3 aromatic rings. The molecule has 3 rings (SSSR count). The van der Waals surface area contributed by atoms with E-state index in [4.69, 9.17) is 4.74 Å². The summed E-state index contributed by atoms with van der Waals surface area (Å²) >= 11 is 0. The first kappa shape index (κ1) is 22.3. The van der Waals surface area contributed by atoms with Crippen LogP contribution in [0.5, 0.6) is 0 Å². The number of carbonyl (C=O) groups is 2. The number of carbonyl (C=O) groups excluding carboxylic acids is 2. The van der Waals surface area contributed by atoms with Crippen molar-refractivity contribution in [1.29, 1.82) is 0 Å². The minimum atomic E-state index is -0.461. The van der Waals surface area contributed by atoms with E-state index >= 15 is 0 Å². The number of nitrogens with zero attached hydrogens (tertiary/aromatic N) is 2. The molecule has 0 unspecified atom stereocenters. The molecule has 6 nitrogen and oxygen atoms in total. The van der Waals surface area contributed by atoms with Crippen LogP contribution in [0.1, 0.15) is 53.6 Å². The van der Waals surface area contributed by atoms with Gasteiger partial charge in [0, 0.05) is 17.7 Å². The van der Waals surface area contributed by atoms with Gasteiger partial charge in [0.15, 0.2) is 5.69 Å². The molecule has 0 spiro atoms. The Balaban J connectivity index is 1.93. The van der Waals surface area contributed by atoms with E-state index in [2.05, 4.69) is 24.3 Å². The van der Waals surface area contributed by atoms with E-state index in [0.29, 0.717) is 18.0 Å². The topological polar surface area (TPSA) is 73.2 Å². The Labute approximate surface area is 183 Å². The average Bonchev–Trinajstić information content (AvgIpc) is 3.19. The Morgan fingerprint density at radius 1 is 1.10 bits per heavy atom. The van der Waals surface area contributed by atoms with Gasteiger partial charge in [-0.1, -0.05) is 38.1 Å². The summed E-state index contributed by atoms with van der Waals surface area (Å²) in [6, 6.07) is 16.9. The van der Waals surface area contributed by atoms with Gasteiger partial charge in [-0.25, -0.2) is 9.48 Å². The zero-order chi connectivity index (χ0) is 22.4. The Morgan fingerprint density at radius 3 is 2.45 bits per heavy atom. The Bertz CT molecular complexity index is 1050. The molecule has 6 heteroatoms. The van der Waals surface area contributed by atoms with Gasteiger partial charge in [-0.2, -0.15) is 5.10 Å². The quantitative estimate of drug-likeness (QED) is 0.532. The van der Waals surface area contributed by atoms with Gasteiger partial charge in [-0.3, -0.25) is 4.79 Å². The maximum absolute atomic E-state index is 12.4. The van der Waals surface area contributed by atoms with E-state index in [1.54, 1.807) is 29.8 Å². The summed E-state index contributed by atoms with van der Waals surface area (Å²) in [5, 5.41) is 7.45. The van der Waals surface area contributed by atoms with Crippen LogP contribution in [-0.4, -0.2) is 34.8 Å². The van der Waals surface area contributed by atoms with E-state index < -0.39 is 5.97 Å². The van der Waals surface area contributed by atoms with Crippen molar-refractivity contribution in [2.45, 2.75) is 34.1 Å². The third kappa shape index (κ3) is 5.40. The van der Waals surface area contributed by atoms with E-state index in [1.807, 2.05) is 43.3 Å². The number of amides is 1. The van der Waals surface area contributed by atoms with Crippen molar-refractivity contribution in [2.24, 2.45) is 5.92 Å². The van der Waals surface area contributed by atoms with Crippen LogP contribution in [0.2, 0.25) is 0 Å². The number of hydrogen-bond acceptors (Lipinski definition) is 4. The van der Waals surface area contributed by atoms with Crippen LogP contribution in [0, 0.1) is 12.8 Å². The van der Waals surface area contributed by atoms with Crippen LogP contribution in [0.4, 0.5) is 0 Å². The molecule has 1 amide bonds. The van der Waals surface area contributed by atoms with E-state index in [0.717, 1.165) is 28.9 Å². The minimum Gasteiger partial charge on any atom is -0.461 e. The second-order valence-electron chi connectivity index (χ2n) is 7.85. The summed E-state index contributed by atoms with van der Waals surface area (Å²) in [6.45, 7) is 8.97. The molecule has 0 aliphatic heterocycles. The zero-order valence-corrected chi connectivity index (χ0v) is 18.5. The van der Waals surface area contributed by atoms with E-state index in [1.165, 1.54) is 0 Å². The van der Waals surface area contributed by atoms with Crippen LogP contribution < -0.4 is 5.32 Å². The Hall–Kier alpha value is -3.41. The number of hydrogen-bond donors (Lipinski definition) is 1. The molecule has 0 fully saturated rings. The first-order valence-electron chi connectivity index (χ1n) is 10.6. The molecular formula is C25H29N3O3. The largest absolute Gasteiger partial charge is 0.461 e.